The lowest BCUT2D eigenvalue weighted by Crippen LogP contribution is -2.40. The molecule has 7 nitrogen and oxygen atoms in total. The second-order valence-electron chi connectivity index (χ2n) is 7.49. The highest BCUT2D eigenvalue weighted by Crippen LogP contribution is 2.33. The second-order valence-corrected chi connectivity index (χ2v) is 9.49. The van der Waals surface area contributed by atoms with Gasteiger partial charge in [-0.25, -0.2) is 17.3 Å². The summed E-state index contributed by atoms with van der Waals surface area (Å²) in [6.45, 7) is 0. The zero-order chi connectivity index (χ0) is 21.5. The van der Waals surface area contributed by atoms with Crippen molar-refractivity contribution >= 4 is 21.5 Å². The third-order valence-corrected chi connectivity index (χ3v) is 7.70. The van der Waals surface area contributed by atoms with Crippen LogP contribution in [0.4, 0.5) is 4.39 Å². The van der Waals surface area contributed by atoms with E-state index in [1.54, 1.807) is 17.8 Å². The number of sulfonamides is 1. The summed E-state index contributed by atoms with van der Waals surface area (Å²) in [7, 11) is -2.22. The van der Waals surface area contributed by atoms with E-state index in [4.69, 9.17) is 5.11 Å². The van der Waals surface area contributed by atoms with Crippen molar-refractivity contribution in [1.82, 2.24) is 13.9 Å². The second kappa shape index (κ2) is 7.81. The van der Waals surface area contributed by atoms with Gasteiger partial charge in [-0.2, -0.15) is 9.40 Å². The topological polar surface area (TPSA) is 92.0 Å². The molecule has 3 aromatic rings. The van der Waals surface area contributed by atoms with Gasteiger partial charge in [0.1, 0.15) is 5.82 Å². The van der Waals surface area contributed by atoms with Crippen LogP contribution < -0.4 is 0 Å². The monoisotopic (exact) mass is 431 g/mol. The van der Waals surface area contributed by atoms with Crippen molar-refractivity contribution < 1.29 is 22.7 Å². The number of aryl methyl sites for hydroxylation is 1. The number of hydrogen-bond donors (Lipinski definition) is 1. The average molecular weight is 431 g/mol. The van der Waals surface area contributed by atoms with E-state index in [1.807, 2.05) is 12.1 Å². The van der Waals surface area contributed by atoms with Crippen LogP contribution in [0.2, 0.25) is 0 Å². The Morgan fingerprint density at radius 1 is 1.30 bits per heavy atom. The number of carboxylic acids is 1. The first-order valence-electron chi connectivity index (χ1n) is 9.70. The van der Waals surface area contributed by atoms with Crippen LogP contribution in [0.1, 0.15) is 29.7 Å². The fourth-order valence-electron chi connectivity index (χ4n) is 4.20. The number of rotatable bonds is 6. The Labute approximate surface area is 173 Å². The Morgan fingerprint density at radius 2 is 2.03 bits per heavy atom. The zero-order valence-electron chi connectivity index (χ0n) is 16.5. The number of benzene rings is 1. The fourth-order valence-corrected chi connectivity index (χ4v) is 5.59. The largest absolute Gasteiger partial charge is 0.481 e. The maximum Gasteiger partial charge on any atom is 0.303 e. The van der Waals surface area contributed by atoms with Crippen LogP contribution in [0.3, 0.4) is 0 Å². The molecule has 2 heterocycles. The Balaban J connectivity index is 1.67. The lowest BCUT2D eigenvalue weighted by Gasteiger charge is -2.31. The summed E-state index contributed by atoms with van der Waals surface area (Å²) >= 11 is 0. The molecule has 1 atom stereocenters. The zero-order valence-corrected chi connectivity index (χ0v) is 17.3. The molecule has 1 aliphatic carbocycles. The molecule has 2 aromatic heterocycles. The van der Waals surface area contributed by atoms with Crippen LogP contribution in [0.25, 0.3) is 5.52 Å². The first-order chi connectivity index (χ1) is 14.3. The standard InChI is InChI=1S/C21H22FN3O4S/c1-24(30(28,29)16-7-4-14(22)5-8-16)15-6-9-18-17(10-11-21(26)27)19-3-2-12-23-25(19)20(18)13-15/h2-5,7-8,12,15H,6,9-11,13H2,1H3,(H,26,27). The number of aliphatic carboxylic acids is 1. The van der Waals surface area contributed by atoms with E-state index < -0.39 is 21.8 Å². The van der Waals surface area contributed by atoms with Gasteiger partial charge in [0.05, 0.1) is 10.4 Å². The molecule has 0 radical (unpaired) electrons. The summed E-state index contributed by atoms with van der Waals surface area (Å²) in [5.74, 6) is -1.34. The Hall–Kier alpha value is -2.78. The van der Waals surface area contributed by atoms with Gasteiger partial charge in [-0.3, -0.25) is 4.79 Å². The Kier molecular flexibility index (Phi) is 5.33. The summed E-state index contributed by atoms with van der Waals surface area (Å²) in [6, 6.07) is 8.27. The molecule has 1 aliphatic rings. The fraction of sp³-hybridized carbons (Fsp3) is 0.333. The highest BCUT2D eigenvalue weighted by Gasteiger charge is 2.34. The van der Waals surface area contributed by atoms with Crippen LogP contribution in [0.15, 0.2) is 47.5 Å². The van der Waals surface area contributed by atoms with Crippen molar-refractivity contribution in [3.63, 3.8) is 0 Å². The van der Waals surface area contributed by atoms with Crippen molar-refractivity contribution in [2.24, 2.45) is 0 Å². The maximum absolute atomic E-state index is 13.2. The third kappa shape index (κ3) is 3.59. The lowest BCUT2D eigenvalue weighted by molar-refractivity contribution is -0.136. The molecule has 30 heavy (non-hydrogen) atoms. The molecule has 4 rings (SSSR count). The normalized spacial score (nSPS) is 16.7. The SMILES string of the molecule is CN(C1CCc2c(CCC(=O)O)c3cccnn3c2C1)S(=O)(=O)c1ccc(F)cc1. The number of carboxylic acid groups (broad SMARTS) is 1. The van der Waals surface area contributed by atoms with E-state index in [2.05, 4.69) is 5.10 Å². The number of carbonyl (C=O) groups is 1. The van der Waals surface area contributed by atoms with Crippen LogP contribution in [-0.4, -0.2) is 46.5 Å². The summed E-state index contributed by atoms with van der Waals surface area (Å²) in [5.41, 5.74) is 3.83. The van der Waals surface area contributed by atoms with Gasteiger partial charge in [-0.05, 0) is 66.8 Å². The van der Waals surface area contributed by atoms with Gasteiger partial charge in [0.15, 0.2) is 0 Å². The molecule has 0 bridgehead atoms. The molecule has 0 spiro atoms. The predicted octanol–water partition coefficient (Wildman–Crippen LogP) is 2.67. The quantitative estimate of drug-likeness (QED) is 0.648. The highest BCUT2D eigenvalue weighted by atomic mass is 32.2. The van der Waals surface area contributed by atoms with Gasteiger partial charge in [-0.15, -0.1) is 0 Å². The van der Waals surface area contributed by atoms with E-state index in [0.29, 0.717) is 25.7 Å². The number of hydrogen-bond acceptors (Lipinski definition) is 4. The molecule has 0 aliphatic heterocycles. The lowest BCUT2D eigenvalue weighted by atomic mass is 9.90. The van der Waals surface area contributed by atoms with E-state index >= 15 is 0 Å². The molecule has 0 fully saturated rings. The number of aromatic nitrogens is 2. The molecule has 1 aromatic carbocycles. The maximum atomic E-state index is 13.2. The molecule has 0 amide bonds. The minimum absolute atomic E-state index is 0.0310. The summed E-state index contributed by atoms with van der Waals surface area (Å²) in [5, 5.41) is 13.5. The van der Waals surface area contributed by atoms with Gasteiger partial charge in [0, 0.05) is 37.8 Å². The molecule has 0 saturated carbocycles. The van der Waals surface area contributed by atoms with Crippen molar-refractivity contribution in [1.29, 1.82) is 0 Å². The molecule has 0 saturated heterocycles. The van der Waals surface area contributed by atoms with E-state index in [-0.39, 0.29) is 17.4 Å². The smallest absolute Gasteiger partial charge is 0.303 e. The number of fused-ring (bicyclic) bond motifs is 3. The Morgan fingerprint density at radius 3 is 2.73 bits per heavy atom. The highest BCUT2D eigenvalue weighted by molar-refractivity contribution is 7.89. The number of likely N-dealkylation sites (N-methyl/N-ethyl adjacent to an activating group) is 1. The van der Waals surface area contributed by atoms with Gasteiger partial charge in [-0.1, -0.05) is 0 Å². The predicted molar refractivity (Wildman–Crippen MR) is 108 cm³/mol. The number of halogens is 1. The van der Waals surface area contributed by atoms with Gasteiger partial charge >= 0.3 is 5.97 Å². The molecule has 1 unspecified atom stereocenters. The number of nitrogens with zero attached hydrogens (tertiary/aromatic N) is 3. The van der Waals surface area contributed by atoms with Crippen molar-refractivity contribution in [2.45, 2.75) is 43.0 Å². The molecule has 1 N–H and O–H groups in total. The third-order valence-electron chi connectivity index (χ3n) is 5.78. The molecular formula is C21H22FN3O4S. The van der Waals surface area contributed by atoms with Crippen LogP contribution in [-0.2, 0) is 34.1 Å². The van der Waals surface area contributed by atoms with E-state index in [1.165, 1.54) is 16.4 Å². The summed E-state index contributed by atoms with van der Waals surface area (Å²) < 4.78 is 42.4. The molecular weight excluding hydrogens is 409 g/mol. The molecule has 158 valence electrons. The van der Waals surface area contributed by atoms with Gasteiger partial charge in [0.25, 0.3) is 0 Å². The van der Waals surface area contributed by atoms with E-state index in [0.717, 1.165) is 34.5 Å². The van der Waals surface area contributed by atoms with E-state index in [9.17, 15) is 17.6 Å². The van der Waals surface area contributed by atoms with Gasteiger partial charge in [0.2, 0.25) is 10.0 Å². The first-order valence-corrected chi connectivity index (χ1v) is 11.1. The first kappa shape index (κ1) is 20.5. The van der Waals surface area contributed by atoms with Crippen molar-refractivity contribution in [3.8, 4) is 0 Å². The minimum Gasteiger partial charge on any atom is -0.481 e. The van der Waals surface area contributed by atoms with Crippen LogP contribution in [0, 0.1) is 5.82 Å². The molecule has 9 heteroatoms. The summed E-state index contributed by atoms with van der Waals surface area (Å²) in [4.78, 5) is 11.1. The van der Waals surface area contributed by atoms with Crippen LogP contribution >= 0.6 is 0 Å². The Bertz CT molecular complexity index is 1200. The van der Waals surface area contributed by atoms with Crippen molar-refractivity contribution in [2.75, 3.05) is 7.05 Å². The average Bonchev–Trinajstić information content (AvgIpc) is 3.05. The summed E-state index contributed by atoms with van der Waals surface area (Å²) in [6.07, 6.45) is 3.83. The minimum atomic E-state index is -3.77. The van der Waals surface area contributed by atoms with Crippen molar-refractivity contribution in [3.05, 3.63) is 65.2 Å². The van der Waals surface area contributed by atoms with Crippen LogP contribution in [0.5, 0.6) is 0 Å². The van der Waals surface area contributed by atoms with Gasteiger partial charge < -0.3 is 5.11 Å².